The van der Waals surface area contributed by atoms with Crippen LogP contribution in [0.4, 0.5) is 0 Å². The fourth-order valence-electron chi connectivity index (χ4n) is 3.74. The van der Waals surface area contributed by atoms with E-state index in [1.54, 1.807) is 0 Å². The zero-order valence-electron chi connectivity index (χ0n) is 13.8. The van der Waals surface area contributed by atoms with Crippen LogP contribution in [0.15, 0.2) is 0 Å². The van der Waals surface area contributed by atoms with Gasteiger partial charge in [-0.3, -0.25) is 0 Å². The van der Waals surface area contributed by atoms with Gasteiger partial charge in [0.25, 0.3) is 0 Å². The van der Waals surface area contributed by atoms with Crippen molar-refractivity contribution in [1.29, 1.82) is 0 Å². The van der Waals surface area contributed by atoms with Crippen LogP contribution in [0, 0.1) is 11.3 Å². The Labute approximate surface area is 120 Å². The first-order chi connectivity index (χ1) is 9.18. The summed E-state index contributed by atoms with van der Waals surface area (Å²) in [7, 11) is 2.09. The van der Waals surface area contributed by atoms with E-state index < -0.39 is 0 Å². The zero-order valence-corrected chi connectivity index (χ0v) is 13.8. The molecule has 19 heavy (non-hydrogen) atoms. The Morgan fingerprint density at radius 2 is 1.89 bits per heavy atom. The maximum Gasteiger partial charge on any atom is 0.0661 e. The van der Waals surface area contributed by atoms with Gasteiger partial charge >= 0.3 is 0 Å². The normalized spacial score (nSPS) is 27.0. The first-order valence-electron chi connectivity index (χ1n) is 8.47. The van der Waals surface area contributed by atoms with Crippen LogP contribution in [-0.2, 0) is 4.74 Å². The molecule has 3 unspecified atom stereocenters. The second-order valence-corrected chi connectivity index (χ2v) is 6.26. The molecule has 0 radical (unpaired) electrons. The van der Waals surface area contributed by atoms with E-state index in [-0.39, 0.29) is 0 Å². The largest absolute Gasteiger partial charge is 0.377 e. The van der Waals surface area contributed by atoms with Crippen molar-refractivity contribution >= 4 is 0 Å². The third kappa shape index (κ3) is 3.72. The van der Waals surface area contributed by atoms with Crippen molar-refractivity contribution < 1.29 is 4.74 Å². The molecule has 0 aromatic carbocycles. The summed E-state index contributed by atoms with van der Waals surface area (Å²) < 4.78 is 6.32. The molecule has 1 aliphatic rings. The molecule has 2 nitrogen and oxygen atoms in total. The molecule has 0 aliphatic heterocycles. The minimum absolute atomic E-state index is 0.387. The summed E-state index contributed by atoms with van der Waals surface area (Å²) in [5.74, 6) is 0.764. The number of unbranched alkanes of at least 4 members (excludes halogenated alkanes) is 1. The van der Waals surface area contributed by atoms with Gasteiger partial charge in [0.1, 0.15) is 0 Å². The maximum atomic E-state index is 6.32. The molecule has 1 rings (SSSR count). The van der Waals surface area contributed by atoms with Crippen LogP contribution >= 0.6 is 0 Å². The molecule has 0 amide bonds. The Balaban J connectivity index is 2.44. The van der Waals surface area contributed by atoms with Crippen LogP contribution < -0.4 is 5.32 Å². The van der Waals surface area contributed by atoms with Crippen molar-refractivity contribution in [3.8, 4) is 0 Å². The predicted molar refractivity (Wildman–Crippen MR) is 83.5 cm³/mol. The van der Waals surface area contributed by atoms with E-state index in [9.17, 15) is 0 Å². The van der Waals surface area contributed by atoms with Gasteiger partial charge in [0.15, 0.2) is 0 Å². The van der Waals surface area contributed by atoms with Crippen LogP contribution in [0.2, 0.25) is 0 Å². The van der Waals surface area contributed by atoms with Crippen LogP contribution in [0.1, 0.15) is 72.6 Å². The highest BCUT2D eigenvalue weighted by Crippen LogP contribution is 2.48. The third-order valence-electron chi connectivity index (χ3n) is 5.53. The molecule has 0 aromatic heterocycles. The highest BCUT2D eigenvalue weighted by molar-refractivity contribution is 5.06. The SMILES string of the molecule is CCCCC(CC)COC1CC(NC)C1(CC)CC. The monoisotopic (exact) mass is 269 g/mol. The zero-order chi connectivity index (χ0) is 14.3. The number of nitrogens with one attached hydrogen (secondary N) is 1. The van der Waals surface area contributed by atoms with Gasteiger partial charge < -0.3 is 10.1 Å². The van der Waals surface area contributed by atoms with Crippen LogP contribution in [0.25, 0.3) is 0 Å². The van der Waals surface area contributed by atoms with Crippen molar-refractivity contribution in [3.05, 3.63) is 0 Å². The maximum absolute atomic E-state index is 6.32. The molecule has 1 aliphatic carbocycles. The second-order valence-electron chi connectivity index (χ2n) is 6.26. The molecule has 1 fully saturated rings. The average molecular weight is 269 g/mol. The molecule has 1 N–H and O–H groups in total. The summed E-state index contributed by atoms with van der Waals surface area (Å²) in [6.45, 7) is 10.2. The summed E-state index contributed by atoms with van der Waals surface area (Å²) in [5.41, 5.74) is 0.387. The average Bonchev–Trinajstić information content (AvgIpc) is 2.43. The topological polar surface area (TPSA) is 21.3 Å². The van der Waals surface area contributed by atoms with Crippen LogP contribution in [0.5, 0.6) is 0 Å². The fraction of sp³-hybridized carbons (Fsp3) is 1.00. The third-order valence-corrected chi connectivity index (χ3v) is 5.53. The van der Waals surface area contributed by atoms with Gasteiger partial charge in [-0.15, -0.1) is 0 Å². The summed E-state index contributed by atoms with van der Waals surface area (Å²) in [4.78, 5) is 0. The number of ether oxygens (including phenoxy) is 1. The van der Waals surface area contributed by atoms with E-state index in [1.807, 2.05) is 0 Å². The lowest BCUT2D eigenvalue weighted by Crippen LogP contribution is -2.62. The lowest BCUT2D eigenvalue weighted by atomic mass is 9.58. The second kappa shape index (κ2) is 8.26. The van der Waals surface area contributed by atoms with E-state index in [2.05, 4.69) is 40.1 Å². The summed E-state index contributed by atoms with van der Waals surface area (Å²) >= 11 is 0. The Morgan fingerprint density at radius 1 is 1.21 bits per heavy atom. The van der Waals surface area contributed by atoms with Gasteiger partial charge in [0, 0.05) is 18.1 Å². The smallest absolute Gasteiger partial charge is 0.0661 e. The van der Waals surface area contributed by atoms with E-state index in [1.165, 1.54) is 44.9 Å². The molecule has 0 bridgehead atoms. The predicted octanol–water partition coefficient (Wildman–Crippen LogP) is 4.39. The van der Waals surface area contributed by atoms with Crippen LogP contribution in [-0.4, -0.2) is 25.8 Å². The number of rotatable bonds is 10. The van der Waals surface area contributed by atoms with E-state index >= 15 is 0 Å². The molecule has 3 atom stereocenters. The lowest BCUT2D eigenvalue weighted by Gasteiger charge is -2.55. The molecule has 0 heterocycles. The Bertz CT molecular complexity index is 237. The van der Waals surface area contributed by atoms with Gasteiger partial charge in [0.05, 0.1) is 6.10 Å². The Morgan fingerprint density at radius 3 is 2.37 bits per heavy atom. The fourth-order valence-corrected chi connectivity index (χ4v) is 3.74. The van der Waals surface area contributed by atoms with E-state index in [4.69, 9.17) is 4.74 Å². The van der Waals surface area contributed by atoms with Crippen molar-refractivity contribution in [2.24, 2.45) is 11.3 Å². The first-order valence-corrected chi connectivity index (χ1v) is 8.47. The van der Waals surface area contributed by atoms with Gasteiger partial charge in [-0.2, -0.15) is 0 Å². The Kier molecular flexibility index (Phi) is 7.38. The van der Waals surface area contributed by atoms with E-state index in [0.29, 0.717) is 17.6 Å². The summed E-state index contributed by atoms with van der Waals surface area (Å²) in [6, 6.07) is 0.656. The lowest BCUT2D eigenvalue weighted by molar-refractivity contribution is -0.146. The summed E-state index contributed by atoms with van der Waals surface area (Å²) in [5, 5.41) is 3.48. The van der Waals surface area contributed by atoms with Crippen molar-refractivity contribution in [3.63, 3.8) is 0 Å². The van der Waals surface area contributed by atoms with Crippen molar-refractivity contribution in [2.75, 3.05) is 13.7 Å². The quantitative estimate of drug-likeness (QED) is 0.635. The minimum atomic E-state index is 0.387. The molecule has 114 valence electrons. The molecule has 0 aromatic rings. The molecular formula is C17H35NO. The molecule has 1 saturated carbocycles. The van der Waals surface area contributed by atoms with Gasteiger partial charge in [-0.1, -0.05) is 47.0 Å². The van der Waals surface area contributed by atoms with E-state index in [0.717, 1.165) is 12.5 Å². The van der Waals surface area contributed by atoms with Gasteiger partial charge in [-0.25, -0.2) is 0 Å². The number of hydrogen-bond acceptors (Lipinski definition) is 2. The van der Waals surface area contributed by atoms with Crippen molar-refractivity contribution in [2.45, 2.75) is 84.8 Å². The molecule has 0 saturated heterocycles. The summed E-state index contributed by atoms with van der Waals surface area (Å²) in [6.07, 6.45) is 9.37. The minimum Gasteiger partial charge on any atom is -0.377 e. The van der Waals surface area contributed by atoms with Gasteiger partial charge in [0.2, 0.25) is 0 Å². The van der Waals surface area contributed by atoms with Crippen LogP contribution in [0.3, 0.4) is 0 Å². The number of hydrogen-bond donors (Lipinski definition) is 1. The highest BCUT2D eigenvalue weighted by atomic mass is 16.5. The molecule has 0 spiro atoms. The Hall–Kier alpha value is -0.0800. The molecule has 2 heteroatoms. The van der Waals surface area contributed by atoms with Gasteiger partial charge in [-0.05, 0) is 38.6 Å². The first kappa shape index (κ1) is 17.0. The standard InChI is InChI=1S/C17H35NO/c1-6-10-11-14(7-2)13-19-16-12-15(18-5)17(16,8-3)9-4/h14-16,18H,6-13H2,1-5H3. The molecular weight excluding hydrogens is 234 g/mol. The highest BCUT2D eigenvalue weighted by Gasteiger charge is 2.52. The van der Waals surface area contributed by atoms with Crippen molar-refractivity contribution in [1.82, 2.24) is 5.32 Å².